The molecule has 1 N–H and O–H groups in total. The van der Waals surface area contributed by atoms with E-state index in [4.69, 9.17) is 5.11 Å². The fraction of sp³-hybridized carbons (Fsp3) is 1.00. The number of hydrogen-bond acceptors (Lipinski definition) is 1. The summed E-state index contributed by atoms with van der Waals surface area (Å²) in [5.74, 6) is 0.838. The molecule has 0 aromatic rings. The van der Waals surface area contributed by atoms with Gasteiger partial charge in [0.05, 0.1) is 6.10 Å². The van der Waals surface area contributed by atoms with Gasteiger partial charge in [-0.05, 0) is 19.3 Å². The van der Waals surface area contributed by atoms with Crippen LogP contribution in [-0.2, 0) is 0 Å². The highest BCUT2D eigenvalue weighted by atomic mass is 16.3. The Balaban J connectivity index is 2.11. The SMILES string of the molecule is C[C@@H](O)CC1CCCC1. The van der Waals surface area contributed by atoms with Gasteiger partial charge in [-0.3, -0.25) is 0 Å². The number of rotatable bonds is 2. The van der Waals surface area contributed by atoms with E-state index in [1.54, 1.807) is 0 Å². The molecule has 1 atom stereocenters. The van der Waals surface area contributed by atoms with Gasteiger partial charge in [-0.2, -0.15) is 0 Å². The predicted octanol–water partition coefficient (Wildman–Crippen LogP) is 1.95. The molecule has 0 radical (unpaired) electrons. The van der Waals surface area contributed by atoms with Crippen molar-refractivity contribution in [1.82, 2.24) is 0 Å². The van der Waals surface area contributed by atoms with Crippen molar-refractivity contribution >= 4 is 0 Å². The molecule has 0 saturated heterocycles. The van der Waals surface area contributed by atoms with E-state index in [0.717, 1.165) is 12.3 Å². The molecule has 54 valence electrons. The zero-order valence-electron chi connectivity index (χ0n) is 6.14. The predicted molar refractivity (Wildman–Crippen MR) is 38.3 cm³/mol. The molecule has 1 aliphatic carbocycles. The van der Waals surface area contributed by atoms with Crippen molar-refractivity contribution in [3.8, 4) is 0 Å². The quantitative estimate of drug-likeness (QED) is 0.602. The van der Waals surface area contributed by atoms with Gasteiger partial charge in [-0.25, -0.2) is 0 Å². The maximum Gasteiger partial charge on any atom is 0.0514 e. The second-order valence-electron chi connectivity index (χ2n) is 3.24. The lowest BCUT2D eigenvalue weighted by Crippen LogP contribution is -2.06. The maximum absolute atomic E-state index is 9.01. The molecule has 9 heavy (non-hydrogen) atoms. The van der Waals surface area contributed by atoms with Crippen LogP contribution in [0.4, 0.5) is 0 Å². The molecule has 1 saturated carbocycles. The van der Waals surface area contributed by atoms with E-state index < -0.39 is 0 Å². The summed E-state index contributed by atoms with van der Waals surface area (Å²) in [6.07, 6.45) is 6.43. The Morgan fingerprint density at radius 2 is 2.00 bits per heavy atom. The van der Waals surface area contributed by atoms with Crippen molar-refractivity contribution in [2.75, 3.05) is 0 Å². The molecule has 1 rings (SSSR count). The summed E-state index contributed by atoms with van der Waals surface area (Å²) in [6.45, 7) is 1.89. The minimum atomic E-state index is -0.0758. The Morgan fingerprint density at radius 1 is 1.44 bits per heavy atom. The van der Waals surface area contributed by atoms with E-state index >= 15 is 0 Å². The van der Waals surface area contributed by atoms with Crippen LogP contribution < -0.4 is 0 Å². The first kappa shape index (κ1) is 7.07. The van der Waals surface area contributed by atoms with Crippen LogP contribution in [0.15, 0.2) is 0 Å². The molecule has 0 aromatic heterocycles. The van der Waals surface area contributed by atoms with Crippen LogP contribution in [0.2, 0.25) is 0 Å². The Morgan fingerprint density at radius 3 is 2.44 bits per heavy atom. The average molecular weight is 128 g/mol. The van der Waals surface area contributed by atoms with Gasteiger partial charge >= 0.3 is 0 Å². The van der Waals surface area contributed by atoms with Gasteiger partial charge in [-0.15, -0.1) is 0 Å². The monoisotopic (exact) mass is 128 g/mol. The lowest BCUT2D eigenvalue weighted by atomic mass is 10.0. The zero-order chi connectivity index (χ0) is 6.69. The molecular formula is C8H16O. The number of hydrogen-bond donors (Lipinski definition) is 1. The molecule has 0 spiro atoms. The van der Waals surface area contributed by atoms with Crippen molar-refractivity contribution in [2.24, 2.45) is 5.92 Å². The van der Waals surface area contributed by atoms with Gasteiger partial charge in [0.15, 0.2) is 0 Å². The van der Waals surface area contributed by atoms with Crippen molar-refractivity contribution in [2.45, 2.75) is 45.1 Å². The molecular weight excluding hydrogens is 112 g/mol. The Hall–Kier alpha value is -0.0400. The molecule has 1 aliphatic rings. The highest BCUT2D eigenvalue weighted by molar-refractivity contribution is 4.68. The zero-order valence-corrected chi connectivity index (χ0v) is 6.14. The third-order valence-corrected chi connectivity index (χ3v) is 2.15. The molecule has 1 heteroatoms. The van der Waals surface area contributed by atoms with Crippen LogP contribution in [-0.4, -0.2) is 11.2 Å². The lowest BCUT2D eigenvalue weighted by molar-refractivity contribution is 0.161. The van der Waals surface area contributed by atoms with E-state index in [1.807, 2.05) is 6.92 Å². The van der Waals surface area contributed by atoms with Gasteiger partial charge in [0, 0.05) is 0 Å². The minimum absolute atomic E-state index is 0.0758. The summed E-state index contributed by atoms with van der Waals surface area (Å²) in [7, 11) is 0. The van der Waals surface area contributed by atoms with Crippen molar-refractivity contribution in [1.29, 1.82) is 0 Å². The van der Waals surface area contributed by atoms with Crippen LogP contribution >= 0.6 is 0 Å². The minimum Gasteiger partial charge on any atom is -0.393 e. The molecule has 1 fully saturated rings. The van der Waals surface area contributed by atoms with Crippen LogP contribution in [0.25, 0.3) is 0 Å². The van der Waals surface area contributed by atoms with Crippen LogP contribution in [0.3, 0.4) is 0 Å². The van der Waals surface area contributed by atoms with E-state index in [2.05, 4.69) is 0 Å². The molecule has 0 bridgehead atoms. The van der Waals surface area contributed by atoms with Crippen molar-refractivity contribution in [3.63, 3.8) is 0 Å². The smallest absolute Gasteiger partial charge is 0.0514 e. The molecule has 0 aliphatic heterocycles. The van der Waals surface area contributed by atoms with Crippen molar-refractivity contribution < 1.29 is 5.11 Å². The standard InChI is InChI=1S/C8H16O/c1-7(9)6-8-4-2-3-5-8/h7-9H,2-6H2,1H3/t7-/m1/s1. The highest BCUT2D eigenvalue weighted by Crippen LogP contribution is 2.28. The van der Waals surface area contributed by atoms with E-state index in [9.17, 15) is 0 Å². The van der Waals surface area contributed by atoms with E-state index in [1.165, 1.54) is 25.7 Å². The second kappa shape index (κ2) is 3.21. The summed E-state index contributed by atoms with van der Waals surface area (Å²) >= 11 is 0. The lowest BCUT2D eigenvalue weighted by Gasteiger charge is -2.09. The summed E-state index contributed by atoms with van der Waals surface area (Å²) in [6, 6.07) is 0. The van der Waals surface area contributed by atoms with Crippen LogP contribution in [0, 0.1) is 5.92 Å². The number of aliphatic hydroxyl groups excluding tert-OH is 1. The van der Waals surface area contributed by atoms with Gasteiger partial charge in [0.2, 0.25) is 0 Å². The van der Waals surface area contributed by atoms with E-state index in [-0.39, 0.29) is 6.10 Å². The van der Waals surface area contributed by atoms with Gasteiger partial charge < -0.3 is 5.11 Å². The highest BCUT2D eigenvalue weighted by Gasteiger charge is 2.15. The summed E-state index contributed by atoms with van der Waals surface area (Å²) in [5, 5.41) is 9.01. The van der Waals surface area contributed by atoms with Crippen LogP contribution in [0.1, 0.15) is 39.0 Å². The number of aliphatic hydroxyl groups is 1. The van der Waals surface area contributed by atoms with Crippen LogP contribution in [0.5, 0.6) is 0 Å². The van der Waals surface area contributed by atoms with Gasteiger partial charge in [0.25, 0.3) is 0 Å². The van der Waals surface area contributed by atoms with Crippen molar-refractivity contribution in [3.05, 3.63) is 0 Å². The first-order valence-electron chi connectivity index (χ1n) is 3.97. The molecule has 0 aromatic carbocycles. The van der Waals surface area contributed by atoms with Gasteiger partial charge in [0.1, 0.15) is 0 Å². The maximum atomic E-state index is 9.01. The first-order chi connectivity index (χ1) is 4.29. The molecule has 1 nitrogen and oxygen atoms in total. The third kappa shape index (κ3) is 2.35. The summed E-state index contributed by atoms with van der Waals surface area (Å²) < 4.78 is 0. The molecule has 0 amide bonds. The fourth-order valence-electron chi connectivity index (χ4n) is 1.73. The first-order valence-corrected chi connectivity index (χ1v) is 3.97. The summed E-state index contributed by atoms with van der Waals surface area (Å²) in [5.41, 5.74) is 0. The average Bonchev–Trinajstić information content (AvgIpc) is 2.15. The van der Waals surface area contributed by atoms with E-state index in [0.29, 0.717) is 0 Å². The largest absolute Gasteiger partial charge is 0.393 e. The fourth-order valence-corrected chi connectivity index (χ4v) is 1.73. The topological polar surface area (TPSA) is 20.2 Å². The molecule has 0 unspecified atom stereocenters. The van der Waals surface area contributed by atoms with Gasteiger partial charge in [-0.1, -0.05) is 25.7 Å². The second-order valence-corrected chi connectivity index (χ2v) is 3.24. The Kier molecular flexibility index (Phi) is 2.52. The Labute approximate surface area is 57.1 Å². The molecule has 0 heterocycles. The summed E-state index contributed by atoms with van der Waals surface area (Å²) in [4.78, 5) is 0. The normalized spacial score (nSPS) is 24.7. The third-order valence-electron chi connectivity index (χ3n) is 2.15. The Bertz CT molecular complexity index is 72.6.